The zero-order chi connectivity index (χ0) is 30.2. The number of nitrogens with zero attached hydrogens (tertiary/aromatic N) is 2. The lowest BCUT2D eigenvalue weighted by atomic mass is 9.83. The predicted octanol–water partition coefficient (Wildman–Crippen LogP) is 5.17. The second kappa shape index (κ2) is 11.8. The first-order chi connectivity index (χ1) is 20.8. The summed E-state index contributed by atoms with van der Waals surface area (Å²) in [5, 5.41) is 2.94. The van der Waals surface area contributed by atoms with Gasteiger partial charge in [-0.2, -0.15) is 0 Å². The maximum atomic E-state index is 14.0. The molecule has 218 valence electrons. The van der Waals surface area contributed by atoms with Crippen molar-refractivity contribution in [2.24, 2.45) is 5.92 Å². The van der Waals surface area contributed by atoms with Gasteiger partial charge < -0.3 is 10.1 Å². The van der Waals surface area contributed by atoms with Crippen LogP contribution in [0.2, 0.25) is 5.02 Å². The maximum Gasteiger partial charge on any atom is 0.338 e. The molecular formula is C31H24ClN3O6S2. The summed E-state index contributed by atoms with van der Waals surface area (Å²) in [5.74, 6) is -3.16. The lowest BCUT2D eigenvalue weighted by Gasteiger charge is -2.30. The Morgan fingerprint density at radius 3 is 2.30 bits per heavy atom. The van der Waals surface area contributed by atoms with Crippen LogP contribution in [0.4, 0.5) is 11.4 Å². The van der Waals surface area contributed by atoms with Gasteiger partial charge in [-0.05, 0) is 61.0 Å². The fourth-order valence-electron chi connectivity index (χ4n) is 5.37. The number of amides is 3. The van der Waals surface area contributed by atoms with Crippen molar-refractivity contribution in [2.45, 2.75) is 29.7 Å². The van der Waals surface area contributed by atoms with Crippen molar-refractivity contribution in [3.63, 3.8) is 0 Å². The number of fused-ring (bicyclic) bond motifs is 2. The Bertz CT molecular complexity index is 1790. The first-order valence-electron chi connectivity index (χ1n) is 13.4. The molecule has 4 aromatic rings. The van der Waals surface area contributed by atoms with Crippen molar-refractivity contribution in [3.8, 4) is 0 Å². The smallest absolute Gasteiger partial charge is 0.338 e. The van der Waals surface area contributed by atoms with Gasteiger partial charge in [-0.25, -0.2) is 9.69 Å². The third-order valence-corrected chi connectivity index (χ3v) is 10.1. The van der Waals surface area contributed by atoms with E-state index in [0.717, 1.165) is 33.6 Å². The van der Waals surface area contributed by atoms with E-state index in [1.54, 1.807) is 67.6 Å². The predicted molar refractivity (Wildman–Crippen MR) is 165 cm³/mol. The van der Waals surface area contributed by atoms with Crippen LogP contribution in [0.5, 0.6) is 0 Å². The number of thioether (sulfide) groups is 1. The van der Waals surface area contributed by atoms with E-state index < -0.39 is 40.8 Å². The number of halogens is 1. The SMILES string of the molecule is CCOC(=O)c1ccc(N2C(=O)C3Sc4c(sc(=O)n4CC(=O)Nc4ccccc4)C(c4ccc(Cl)cc4)C3C2=O)cc1. The quantitative estimate of drug-likeness (QED) is 0.220. The van der Waals surface area contributed by atoms with Gasteiger partial charge in [0.2, 0.25) is 17.7 Å². The average Bonchev–Trinajstić information content (AvgIpc) is 3.44. The molecule has 3 atom stereocenters. The van der Waals surface area contributed by atoms with E-state index in [9.17, 15) is 24.0 Å². The molecule has 12 heteroatoms. The second-order valence-electron chi connectivity index (χ2n) is 9.91. The summed E-state index contributed by atoms with van der Waals surface area (Å²) < 4.78 is 6.41. The second-order valence-corrected chi connectivity index (χ2v) is 12.5. The number of ether oxygens (including phenoxy) is 1. The van der Waals surface area contributed by atoms with Gasteiger partial charge in [-0.15, -0.1) is 0 Å². The summed E-state index contributed by atoms with van der Waals surface area (Å²) >= 11 is 8.27. The van der Waals surface area contributed by atoms with Gasteiger partial charge >= 0.3 is 10.8 Å². The van der Waals surface area contributed by atoms with Crippen LogP contribution in [0.3, 0.4) is 0 Å². The molecule has 1 saturated heterocycles. The summed E-state index contributed by atoms with van der Waals surface area (Å²) in [5.41, 5.74) is 1.95. The fraction of sp³-hybridized carbons (Fsp3) is 0.194. The van der Waals surface area contributed by atoms with Crippen LogP contribution in [-0.2, 0) is 25.7 Å². The summed E-state index contributed by atoms with van der Waals surface area (Å²) in [7, 11) is 0. The van der Waals surface area contributed by atoms with Gasteiger partial charge in [0.25, 0.3) is 0 Å². The number of hydrogen-bond donors (Lipinski definition) is 1. The van der Waals surface area contributed by atoms with Crippen LogP contribution in [0, 0.1) is 5.92 Å². The van der Waals surface area contributed by atoms with E-state index in [4.69, 9.17) is 16.3 Å². The highest BCUT2D eigenvalue weighted by Gasteiger charge is 2.56. The Hall–Kier alpha value is -4.19. The van der Waals surface area contributed by atoms with Gasteiger partial charge in [0.1, 0.15) is 11.8 Å². The number of anilines is 2. The highest BCUT2D eigenvalue weighted by Crippen LogP contribution is 2.54. The van der Waals surface area contributed by atoms with E-state index in [0.29, 0.717) is 31.9 Å². The van der Waals surface area contributed by atoms with Crippen LogP contribution >= 0.6 is 34.7 Å². The Morgan fingerprint density at radius 1 is 0.930 bits per heavy atom. The Labute approximate surface area is 259 Å². The van der Waals surface area contributed by atoms with E-state index >= 15 is 0 Å². The van der Waals surface area contributed by atoms with E-state index in [1.807, 2.05) is 6.07 Å². The molecule has 0 bridgehead atoms. The Balaban J connectivity index is 1.38. The van der Waals surface area contributed by atoms with Crippen molar-refractivity contribution < 1.29 is 23.9 Å². The monoisotopic (exact) mass is 633 g/mol. The number of nitrogens with one attached hydrogen (secondary N) is 1. The maximum absolute atomic E-state index is 14.0. The molecule has 3 unspecified atom stereocenters. The third kappa shape index (κ3) is 5.39. The van der Waals surface area contributed by atoms with E-state index in [1.165, 1.54) is 16.7 Å². The van der Waals surface area contributed by atoms with Crippen LogP contribution in [0.15, 0.2) is 88.7 Å². The van der Waals surface area contributed by atoms with Crippen molar-refractivity contribution >= 4 is 69.8 Å². The number of esters is 1. The molecule has 6 rings (SSSR count). The minimum Gasteiger partial charge on any atom is -0.462 e. The molecule has 0 radical (unpaired) electrons. The molecule has 3 aromatic carbocycles. The van der Waals surface area contributed by atoms with Gasteiger partial charge in [0.15, 0.2) is 0 Å². The van der Waals surface area contributed by atoms with E-state index in [2.05, 4.69) is 5.32 Å². The molecule has 0 spiro atoms. The number of aromatic nitrogens is 1. The highest BCUT2D eigenvalue weighted by atomic mass is 35.5. The first kappa shape index (κ1) is 28.9. The Morgan fingerprint density at radius 2 is 1.63 bits per heavy atom. The lowest BCUT2D eigenvalue weighted by molar-refractivity contribution is -0.122. The number of rotatable bonds is 7. The van der Waals surface area contributed by atoms with Gasteiger partial charge in [0, 0.05) is 21.5 Å². The third-order valence-electron chi connectivity index (χ3n) is 7.27. The van der Waals surface area contributed by atoms with E-state index in [-0.39, 0.29) is 18.0 Å². The molecule has 3 heterocycles. The number of thiazole rings is 1. The number of hydrogen-bond acceptors (Lipinski definition) is 8. The number of para-hydroxylation sites is 1. The molecule has 1 aromatic heterocycles. The standard InChI is InChI=1S/C31H24ClN3O6S2/c1-2-41-30(39)18-10-14-21(15-11-18)35-27(37)24-23(17-8-12-19(32)13-9-17)26-29(42-25(24)28(35)38)34(31(40)43-26)16-22(36)33-20-6-4-3-5-7-20/h3-15,23-25H,2,16H2,1H3,(H,33,36). The molecule has 2 aliphatic heterocycles. The highest BCUT2D eigenvalue weighted by molar-refractivity contribution is 8.00. The number of carbonyl (C=O) groups excluding carboxylic acids is 4. The zero-order valence-corrected chi connectivity index (χ0v) is 25.1. The van der Waals surface area contributed by atoms with Crippen molar-refractivity contribution in [1.29, 1.82) is 0 Å². The molecule has 9 nitrogen and oxygen atoms in total. The number of benzene rings is 3. The summed E-state index contributed by atoms with van der Waals surface area (Å²) in [6.45, 7) is 1.68. The fourth-order valence-corrected chi connectivity index (χ4v) is 8.26. The molecule has 1 fully saturated rings. The van der Waals surface area contributed by atoms with Crippen LogP contribution in [0.25, 0.3) is 0 Å². The van der Waals surface area contributed by atoms with Crippen molar-refractivity contribution in [3.05, 3.63) is 110 Å². The molecule has 0 aliphatic carbocycles. The molecule has 2 aliphatic rings. The zero-order valence-electron chi connectivity index (χ0n) is 22.7. The van der Waals surface area contributed by atoms with Crippen LogP contribution in [-0.4, -0.2) is 40.1 Å². The summed E-state index contributed by atoms with van der Waals surface area (Å²) in [6.07, 6.45) is 0. The van der Waals surface area contributed by atoms with Gasteiger partial charge in [-0.3, -0.25) is 23.7 Å². The molecule has 3 amide bonds. The average molecular weight is 634 g/mol. The van der Waals surface area contributed by atoms with Gasteiger partial charge in [-0.1, -0.05) is 65.0 Å². The first-order valence-corrected chi connectivity index (χ1v) is 15.5. The molecular weight excluding hydrogens is 610 g/mol. The summed E-state index contributed by atoms with van der Waals surface area (Å²) in [6, 6.07) is 22.0. The summed E-state index contributed by atoms with van der Waals surface area (Å²) in [4.78, 5) is 67.7. The minimum atomic E-state index is -0.845. The number of imide groups is 1. The molecule has 0 saturated carbocycles. The lowest BCUT2D eigenvalue weighted by Crippen LogP contribution is -2.33. The van der Waals surface area contributed by atoms with Crippen LogP contribution < -0.4 is 15.1 Å². The minimum absolute atomic E-state index is 0.222. The van der Waals surface area contributed by atoms with Crippen LogP contribution in [0.1, 0.15) is 33.6 Å². The normalized spacial score (nSPS) is 19.1. The number of carbonyl (C=O) groups is 4. The van der Waals surface area contributed by atoms with Crippen molar-refractivity contribution in [1.82, 2.24) is 4.57 Å². The van der Waals surface area contributed by atoms with Crippen molar-refractivity contribution in [2.75, 3.05) is 16.8 Å². The Kier molecular flexibility index (Phi) is 7.95. The van der Waals surface area contributed by atoms with Gasteiger partial charge in [0.05, 0.1) is 28.8 Å². The largest absolute Gasteiger partial charge is 0.462 e. The molecule has 1 N–H and O–H groups in total. The topological polar surface area (TPSA) is 115 Å². The molecule has 43 heavy (non-hydrogen) atoms.